The largest absolute Gasteiger partial charge is 0.382 e. The van der Waals surface area contributed by atoms with Crippen molar-refractivity contribution in [3.8, 4) is 0 Å². The smallest absolute Gasteiger partial charge is 0.219 e. The number of anilines is 1. The Bertz CT molecular complexity index is 422. The van der Waals surface area contributed by atoms with Gasteiger partial charge in [0.25, 0.3) is 0 Å². The molecule has 0 spiro atoms. The predicted molar refractivity (Wildman–Crippen MR) is 55.6 cm³/mol. The first-order valence-electron chi connectivity index (χ1n) is 3.74. The van der Waals surface area contributed by atoms with E-state index in [1.54, 1.807) is 12.1 Å². The topological polar surface area (TPSA) is 101 Å². The van der Waals surface area contributed by atoms with E-state index in [4.69, 9.17) is 5.73 Å². The summed E-state index contributed by atoms with van der Waals surface area (Å²) < 4.78 is 15.8. The fourth-order valence-electron chi connectivity index (χ4n) is 1.10. The zero-order chi connectivity index (χ0) is 10.2. The van der Waals surface area contributed by atoms with Crippen LogP contribution in [0.1, 0.15) is 5.56 Å². The summed E-state index contributed by atoms with van der Waals surface area (Å²) in [4.78, 5) is 14.5. The predicted octanol–water partition coefficient (Wildman–Crippen LogP) is 0.510. The number of aromatic nitrogens is 1. The Morgan fingerprint density at radius 1 is 1.64 bits per heavy atom. The molecule has 2 heterocycles. The maximum absolute atomic E-state index is 10.6. The maximum atomic E-state index is 10.6. The van der Waals surface area contributed by atoms with Crippen LogP contribution in [0.5, 0.6) is 0 Å². The van der Waals surface area contributed by atoms with Crippen molar-refractivity contribution >= 4 is 28.0 Å². The van der Waals surface area contributed by atoms with E-state index in [2.05, 4.69) is 14.1 Å². The lowest BCUT2D eigenvalue weighted by Crippen LogP contribution is -2.25. The molecule has 0 aliphatic carbocycles. The van der Waals surface area contributed by atoms with Crippen molar-refractivity contribution in [2.75, 3.05) is 4.72 Å². The summed E-state index contributed by atoms with van der Waals surface area (Å²) in [7, 11) is -2.87. The third kappa shape index (κ3) is 1.32. The van der Waals surface area contributed by atoms with Gasteiger partial charge in [-0.1, -0.05) is 0 Å². The molecule has 1 aliphatic heterocycles. The zero-order valence-corrected chi connectivity index (χ0v) is 7.86. The van der Waals surface area contributed by atoms with E-state index in [0.29, 0.717) is 17.0 Å². The van der Waals surface area contributed by atoms with Crippen molar-refractivity contribution in [1.29, 1.82) is 0 Å². The Labute approximate surface area is 81.7 Å². The van der Waals surface area contributed by atoms with Crippen molar-refractivity contribution < 1.29 is 9.35 Å². The molecule has 0 radical (unpaired) electrons. The first-order chi connectivity index (χ1) is 6.64. The van der Waals surface area contributed by atoms with Crippen molar-refractivity contribution in [3.05, 3.63) is 23.9 Å². The van der Waals surface area contributed by atoms with Gasteiger partial charge in [-0.15, -0.1) is 0 Å². The van der Waals surface area contributed by atoms with Gasteiger partial charge in [-0.25, -0.2) is 4.98 Å². The minimum absolute atomic E-state index is 0.122. The molecule has 1 aromatic heterocycles. The minimum atomic E-state index is -2.87. The molecule has 0 aromatic carbocycles. The highest BCUT2D eigenvalue weighted by Gasteiger charge is 2.27. The summed E-state index contributed by atoms with van der Waals surface area (Å²) >= 11 is 0. The second kappa shape index (κ2) is 2.96. The van der Waals surface area contributed by atoms with Crippen LogP contribution in [0.4, 0.5) is 5.82 Å². The van der Waals surface area contributed by atoms with Crippen molar-refractivity contribution in [2.45, 2.75) is 0 Å². The molecule has 1 atom stereocenters. The number of rotatable bonds is 1. The first kappa shape index (κ1) is 8.97. The SMILES string of the molecule is NC1=NS(O)(C=O)Nc2ncccc21. The van der Waals surface area contributed by atoms with Gasteiger partial charge in [-0.05, 0) is 12.1 Å². The molecule has 0 fully saturated rings. The maximum Gasteiger partial charge on any atom is 0.219 e. The van der Waals surface area contributed by atoms with Gasteiger partial charge < -0.3 is 10.3 Å². The highest BCUT2D eigenvalue weighted by atomic mass is 32.3. The van der Waals surface area contributed by atoms with Crippen LogP contribution in [0.15, 0.2) is 22.7 Å². The zero-order valence-electron chi connectivity index (χ0n) is 7.04. The van der Waals surface area contributed by atoms with Crippen LogP contribution in [-0.2, 0) is 4.79 Å². The lowest BCUT2D eigenvalue weighted by atomic mass is 10.2. The van der Waals surface area contributed by atoms with Crippen LogP contribution in [0, 0.1) is 0 Å². The molecule has 2 rings (SSSR count). The molecule has 6 nitrogen and oxygen atoms in total. The Balaban J connectivity index is 2.54. The number of nitrogens with one attached hydrogen (secondary N) is 1. The molecule has 4 N–H and O–H groups in total. The number of carbonyl (C=O) groups is 1. The molecule has 0 saturated heterocycles. The monoisotopic (exact) mass is 212 g/mol. The Morgan fingerprint density at radius 2 is 2.43 bits per heavy atom. The highest BCUT2D eigenvalue weighted by molar-refractivity contribution is 8.39. The van der Waals surface area contributed by atoms with E-state index in [-0.39, 0.29) is 5.84 Å². The highest BCUT2D eigenvalue weighted by Crippen LogP contribution is 2.45. The van der Waals surface area contributed by atoms with E-state index in [1.807, 2.05) is 0 Å². The summed E-state index contributed by atoms with van der Waals surface area (Å²) in [5, 5.41) is 0. The van der Waals surface area contributed by atoms with Gasteiger partial charge in [0.2, 0.25) is 5.62 Å². The number of pyridine rings is 1. The molecule has 0 amide bonds. The third-order valence-electron chi connectivity index (χ3n) is 1.70. The standard InChI is InChI=1S/C7H8N4O2S/c8-6-5-2-1-3-9-7(5)11-14(13,4-12)10-6/h1-4,13H,(H2,8,10)(H,9,11). The number of amidine groups is 1. The van der Waals surface area contributed by atoms with Crippen LogP contribution >= 0.6 is 10.7 Å². The Kier molecular flexibility index (Phi) is 1.90. The lowest BCUT2D eigenvalue weighted by molar-refractivity contribution is 0.561. The molecular weight excluding hydrogens is 204 g/mol. The average Bonchev–Trinajstić information content (AvgIpc) is 2.18. The molecule has 14 heavy (non-hydrogen) atoms. The summed E-state index contributed by atoms with van der Waals surface area (Å²) in [5.74, 6) is 0.501. The second-order valence-corrected chi connectivity index (χ2v) is 4.43. The molecule has 7 heteroatoms. The van der Waals surface area contributed by atoms with Crippen molar-refractivity contribution in [3.63, 3.8) is 0 Å². The molecular formula is C7H8N4O2S. The number of fused-ring (bicyclic) bond motifs is 1. The Hall–Kier alpha value is -1.60. The summed E-state index contributed by atoms with van der Waals surface area (Å²) in [5.41, 5.74) is 6.50. The van der Waals surface area contributed by atoms with E-state index in [9.17, 15) is 9.35 Å². The van der Waals surface area contributed by atoms with Gasteiger partial charge in [0, 0.05) is 6.20 Å². The average molecular weight is 212 g/mol. The van der Waals surface area contributed by atoms with Gasteiger partial charge in [-0.2, -0.15) is 4.40 Å². The lowest BCUT2D eigenvalue weighted by Gasteiger charge is -2.28. The van der Waals surface area contributed by atoms with Gasteiger partial charge in [0.15, 0.2) is 0 Å². The normalized spacial score (nSPS) is 29.1. The van der Waals surface area contributed by atoms with Gasteiger partial charge in [0.05, 0.1) is 5.56 Å². The Morgan fingerprint density at radius 3 is 3.14 bits per heavy atom. The molecule has 1 aromatic rings. The number of carbonyl (C=O) groups excluding carboxylic acids is 1. The molecule has 0 saturated carbocycles. The van der Waals surface area contributed by atoms with Crippen molar-refractivity contribution in [2.24, 2.45) is 10.1 Å². The molecule has 74 valence electrons. The summed E-state index contributed by atoms with van der Waals surface area (Å²) in [6, 6.07) is 3.40. The van der Waals surface area contributed by atoms with Crippen molar-refractivity contribution in [1.82, 2.24) is 4.98 Å². The van der Waals surface area contributed by atoms with Gasteiger partial charge >= 0.3 is 0 Å². The van der Waals surface area contributed by atoms with E-state index < -0.39 is 10.7 Å². The van der Waals surface area contributed by atoms with Gasteiger partial charge in [-0.3, -0.25) is 9.52 Å². The molecule has 1 unspecified atom stereocenters. The summed E-state index contributed by atoms with van der Waals surface area (Å²) in [6.45, 7) is 0. The minimum Gasteiger partial charge on any atom is -0.382 e. The second-order valence-electron chi connectivity index (χ2n) is 2.67. The quantitative estimate of drug-likeness (QED) is 0.589. The van der Waals surface area contributed by atoms with E-state index in [1.165, 1.54) is 6.20 Å². The van der Waals surface area contributed by atoms with Gasteiger partial charge in [0.1, 0.15) is 22.3 Å². The van der Waals surface area contributed by atoms with Crippen LogP contribution in [-0.4, -0.2) is 21.0 Å². The van der Waals surface area contributed by atoms with E-state index in [0.717, 1.165) is 0 Å². The van der Waals surface area contributed by atoms with Crippen LogP contribution in [0.3, 0.4) is 0 Å². The fourth-order valence-corrected chi connectivity index (χ4v) is 2.09. The van der Waals surface area contributed by atoms with Crippen LogP contribution in [0.25, 0.3) is 0 Å². The fraction of sp³-hybridized carbons (Fsp3) is 0. The summed E-state index contributed by atoms with van der Waals surface area (Å²) in [6.07, 6.45) is 1.54. The molecule has 0 bridgehead atoms. The third-order valence-corrected chi connectivity index (χ3v) is 2.94. The molecule has 1 aliphatic rings. The number of nitrogens with two attached hydrogens (primary N) is 1. The van der Waals surface area contributed by atoms with Crippen LogP contribution in [0.2, 0.25) is 0 Å². The number of hydrogen-bond acceptors (Lipinski definition) is 6. The number of hydrogen-bond donors (Lipinski definition) is 3. The van der Waals surface area contributed by atoms with E-state index >= 15 is 0 Å². The van der Waals surface area contributed by atoms with Crippen LogP contribution < -0.4 is 10.5 Å². The first-order valence-corrected chi connectivity index (χ1v) is 5.35. The number of nitrogens with zero attached hydrogens (tertiary/aromatic N) is 2.